The molecule has 4 heterocycles. The van der Waals surface area contributed by atoms with E-state index in [0.29, 0.717) is 31.7 Å². The molecule has 168 valence electrons. The van der Waals surface area contributed by atoms with Gasteiger partial charge in [-0.2, -0.15) is 5.26 Å². The van der Waals surface area contributed by atoms with Crippen molar-refractivity contribution in [3.8, 4) is 6.07 Å². The van der Waals surface area contributed by atoms with Gasteiger partial charge in [-0.25, -0.2) is 4.98 Å². The van der Waals surface area contributed by atoms with Gasteiger partial charge >= 0.3 is 0 Å². The molecule has 1 aliphatic rings. The molecule has 7 nitrogen and oxygen atoms in total. The fourth-order valence-electron chi connectivity index (χ4n) is 3.93. The number of carbonyl (C=O) groups is 1. The molecule has 1 amide bonds. The predicted octanol–water partition coefficient (Wildman–Crippen LogP) is 4.81. The minimum absolute atomic E-state index is 0.0789. The number of fused-ring (bicyclic) bond motifs is 2. The molecule has 0 fully saturated rings. The molecule has 4 aromatic heterocycles. The van der Waals surface area contributed by atoms with Crippen molar-refractivity contribution in [2.75, 3.05) is 11.1 Å². The molecule has 0 spiro atoms. The summed E-state index contributed by atoms with van der Waals surface area (Å²) in [4.78, 5) is 33.7. The van der Waals surface area contributed by atoms with E-state index in [1.54, 1.807) is 16.9 Å². The van der Waals surface area contributed by atoms with Crippen LogP contribution in [0.5, 0.6) is 0 Å². The minimum atomic E-state index is -0.226. The third kappa shape index (κ3) is 4.24. The number of hydrogen-bond acceptors (Lipinski definition) is 8. The van der Waals surface area contributed by atoms with Crippen LogP contribution < -0.4 is 10.9 Å². The van der Waals surface area contributed by atoms with Crippen LogP contribution in [0.1, 0.15) is 40.0 Å². The van der Waals surface area contributed by atoms with Crippen molar-refractivity contribution in [2.24, 2.45) is 0 Å². The average Bonchev–Trinajstić information content (AvgIpc) is 3.58. The molecule has 0 unspecified atom stereocenters. The number of thioether (sulfide) groups is 1. The zero-order valence-corrected chi connectivity index (χ0v) is 20.3. The fraction of sp³-hybridized carbons (Fsp3) is 0.304. The first-order valence-corrected chi connectivity index (χ1v) is 13.2. The Morgan fingerprint density at radius 3 is 3.03 bits per heavy atom. The monoisotopic (exact) mass is 496 g/mol. The topological polar surface area (TPSA) is 101 Å². The highest BCUT2D eigenvalue weighted by Crippen LogP contribution is 2.38. The second-order valence-corrected chi connectivity index (χ2v) is 10.8. The van der Waals surface area contributed by atoms with E-state index < -0.39 is 0 Å². The van der Waals surface area contributed by atoms with E-state index >= 15 is 0 Å². The summed E-state index contributed by atoms with van der Waals surface area (Å²) < 4.78 is 7.00. The maximum Gasteiger partial charge on any atom is 0.263 e. The molecule has 0 aliphatic heterocycles. The second-order valence-electron chi connectivity index (χ2n) is 7.66. The number of furan rings is 1. The van der Waals surface area contributed by atoms with Crippen LogP contribution in [0.2, 0.25) is 0 Å². The van der Waals surface area contributed by atoms with Crippen molar-refractivity contribution in [3.63, 3.8) is 0 Å². The largest absolute Gasteiger partial charge is 0.467 e. The lowest BCUT2D eigenvalue weighted by Gasteiger charge is -2.11. The van der Waals surface area contributed by atoms with Gasteiger partial charge in [0.05, 0.1) is 29.5 Å². The summed E-state index contributed by atoms with van der Waals surface area (Å²) in [5.74, 6) is 0.494. The number of aromatic nitrogens is 2. The summed E-state index contributed by atoms with van der Waals surface area (Å²) in [7, 11) is 0. The number of rotatable bonds is 7. The summed E-state index contributed by atoms with van der Waals surface area (Å²) in [6.45, 7) is 2.29. The van der Waals surface area contributed by atoms with E-state index in [4.69, 9.17) is 9.40 Å². The first-order valence-electron chi connectivity index (χ1n) is 10.6. The Hall–Kier alpha value is -2.87. The molecule has 5 rings (SSSR count). The first-order chi connectivity index (χ1) is 16.1. The van der Waals surface area contributed by atoms with Crippen LogP contribution in [0.3, 0.4) is 0 Å². The van der Waals surface area contributed by atoms with Gasteiger partial charge in [0.1, 0.15) is 21.7 Å². The molecule has 4 aromatic rings. The van der Waals surface area contributed by atoms with E-state index in [1.807, 2.05) is 19.1 Å². The van der Waals surface area contributed by atoms with Crippen LogP contribution in [0, 0.1) is 11.3 Å². The van der Waals surface area contributed by atoms with E-state index in [1.165, 1.54) is 39.3 Å². The van der Waals surface area contributed by atoms with Crippen molar-refractivity contribution in [1.29, 1.82) is 5.26 Å². The normalized spacial score (nSPS) is 12.7. The summed E-state index contributed by atoms with van der Waals surface area (Å²) in [5.41, 5.74) is 1.52. The Kier molecular flexibility index (Phi) is 6.10. The van der Waals surface area contributed by atoms with Gasteiger partial charge in [-0.3, -0.25) is 14.2 Å². The van der Waals surface area contributed by atoms with Crippen molar-refractivity contribution < 1.29 is 9.21 Å². The van der Waals surface area contributed by atoms with Crippen LogP contribution in [0.15, 0.2) is 38.8 Å². The van der Waals surface area contributed by atoms with Crippen LogP contribution in [0.25, 0.3) is 10.2 Å². The number of anilines is 1. The van der Waals surface area contributed by atoms with Gasteiger partial charge in [0.2, 0.25) is 5.91 Å². The molecular formula is C23H20N4O3S3. The SMILES string of the molecule is CCc1cc2c(=O)n(Cc3ccco3)c(SCC(=O)Nc3sc4c(c3C#N)CCC4)nc2s1. The van der Waals surface area contributed by atoms with Crippen LogP contribution in [-0.4, -0.2) is 21.2 Å². The van der Waals surface area contributed by atoms with Gasteiger partial charge in [-0.15, -0.1) is 22.7 Å². The molecule has 0 radical (unpaired) electrons. The number of amides is 1. The number of nitrogens with one attached hydrogen (secondary N) is 1. The van der Waals surface area contributed by atoms with Crippen LogP contribution in [-0.2, 0) is 30.6 Å². The number of carbonyl (C=O) groups excluding carboxylic acids is 1. The number of nitrogens with zero attached hydrogens (tertiary/aromatic N) is 3. The Bertz CT molecular complexity index is 1440. The smallest absolute Gasteiger partial charge is 0.263 e. The molecule has 1 aliphatic carbocycles. The highest BCUT2D eigenvalue weighted by atomic mass is 32.2. The predicted molar refractivity (Wildman–Crippen MR) is 131 cm³/mol. The summed E-state index contributed by atoms with van der Waals surface area (Å²) in [5, 5.41) is 14.1. The fourth-order valence-corrected chi connectivity index (χ4v) is 7.00. The highest BCUT2D eigenvalue weighted by Gasteiger charge is 2.23. The highest BCUT2D eigenvalue weighted by molar-refractivity contribution is 7.99. The van der Waals surface area contributed by atoms with Gasteiger partial charge in [0, 0.05) is 9.75 Å². The zero-order chi connectivity index (χ0) is 22.9. The average molecular weight is 497 g/mol. The van der Waals surface area contributed by atoms with E-state index in [0.717, 1.165) is 36.1 Å². The zero-order valence-electron chi connectivity index (χ0n) is 17.8. The summed E-state index contributed by atoms with van der Waals surface area (Å²) in [6.07, 6.45) is 5.31. The lowest BCUT2D eigenvalue weighted by Crippen LogP contribution is -2.24. The third-order valence-corrected chi connectivity index (χ3v) is 8.88. The van der Waals surface area contributed by atoms with Gasteiger partial charge in [-0.05, 0) is 49.4 Å². The molecule has 33 heavy (non-hydrogen) atoms. The molecule has 10 heteroatoms. The van der Waals surface area contributed by atoms with Gasteiger partial charge < -0.3 is 9.73 Å². The lowest BCUT2D eigenvalue weighted by atomic mass is 10.1. The maximum atomic E-state index is 13.2. The lowest BCUT2D eigenvalue weighted by molar-refractivity contribution is -0.113. The van der Waals surface area contributed by atoms with Gasteiger partial charge in [0.15, 0.2) is 5.16 Å². The van der Waals surface area contributed by atoms with Crippen molar-refractivity contribution in [3.05, 3.63) is 61.5 Å². The number of thiophene rings is 2. The quantitative estimate of drug-likeness (QED) is 0.291. The Morgan fingerprint density at radius 1 is 1.39 bits per heavy atom. The molecule has 0 aromatic carbocycles. The molecular weight excluding hydrogens is 476 g/mol. The van der Waals surface area contributed by atoms with Crippen molar-refractivity contribution in [1.82, 2.24) is 9.55 Å². The van der Waals surface area contributed by atoms with Crippen molar-refractivity contribution in [2.45, 2.75) is 44.3 Å². The molecule has 0 saturated heterocycles. The van der Waals surface area contributed by atoms with Gasteiger partial charge in [-0.1, -0.05) is 18.7 Å². The van der Waals surface area contributed by atoms with Crippen molar-refractivity contribution >= 4 is 55.6 Å². The third-order valence-electron chi connectivity index (χ3n) is 5.53. The standard InChI is InChI=1S/C23H20N4O3S3/c1-2-14-9-16-20(32-14)26-23(27(22(16)29)11-13-5-4-8-30-13)31-12-19(28)25-21-17(10-24)15-6-3-7-18(15)33-21/h4-5,8-9H,2-3,6-7,11-12H2,1H3,(H,25,28). The van der Waals surface area contributed by atoms with Gasteiger partial charge in [0.25, 0.3) is 5.56 Å². The maximum absolute atomic E-state index is 13.2. The molecule has 0 bridgehead atoms. The molecule has 0 atom stereocenters. The Morgan fingerprint density at radius 2 is 2.27 bits per heavy atom. The summed E-state index contributed by atoms with van der Waals surface area (Å²) in [6, 6.07) is 7.73. The Labute approximate surface area is 202 Å². The first kappa shape index (κ1) is 21.9. The minimum Gasteiger partial charge on any atom is -0.467 e. The molecule has 0 saturated carbocycles. The number of aryl methyl sites for hydroxylation is 2. The summed E-state index contributed by atoms with van der Waals surface area (Å²) >= 11 is 4.21. The van der Waals surface area contributed by atoms with Crippen LogP contribution in [0.4, 0.5) is 5.00 Å². The Balaban J connectivity index is 1.40. The second kappa shape index (κ2) is 9.17. The van der Waals surface area contributed by atoms with Crippen LogP contribution >= 0.6 is 34.4 Å². The molecule has 1 N–H and O–H groups in total. The van der Waals surface area contributed by atoms with E-state index in [2.05, 4.69) is 11.4 Å². The number of nitriles is 1. The number of hydrogen-bond donors (Lipinski definition) is 1. The van der Waals surface area contributed by atoms with E-state index in [-0.39, 0.29) is 23.8 Å². The van der Waals surface area contributed by atoms with E-state index in [9.17, 15) is 14.9 Å².